The van der Waals surface area contributed by atoms with E-state index in [1.807, 2.05) is 42.1 Å². The van der Waals surface area contributed by atoms with Crippen LogP contribution in [0.15, 0.2) is 49.1 Å². The van der Waals surface area contributed by atoms with Crippen molar-refractivity contribution in [1.82, 2.24) is 4.98 Å². The molecule has 100 valence electrons. The van der Waals surface area contributed by atoms with Crippen LogP contribution in [0.1, 0.15) is 12.0 Å². The Morgan fingerprint density at radius 2 is 2.05 bits per heavy atom. The fraction of sp³-hybridized carbons (Fsp3) is 0.214. The lowest BCUT2D eigenvalue weighted by atomic mass is 10.3. The van der Waals surface area contributed by atoms with E-state index < -0.39 is 0 Å². The number of anilines is 1. The highest BCUT2D eigenvalue weighted by Gasteiger charge is 2.06. The summed E-state index contributed by atoms with van der Waals surface area (Å²) in [7, 11) is 0. The van der Waals surface area contributed by atoms with E-state index in [9.17, 15) is 4.79 Å². The van der Waals surface area contributed by atoms with E-state index in [1.54, 1.807) is 18.5 Å². The lowest BCUT2D eigenvalue weighted by Crippen LogP contribution is -3.00. The van der Waals surface area contributed by atoms with Gasteiger partial charge in [-0.25, -0.2) is 4.57 Å². The molecule has 2 rings (SSSR count). The highest BCUT2D eigenvalue weighted by Crippen LogP contribution is 2.02. The van der Waals surface area contributed by atoms with Gasteiger partial charge in [0.15, 0.2) is 18.9 Å². The molecule has 2 aromatic heterocycles. The van der Waals surface area contributed by atoms with Crippen LogP contribution in [0, 0.1) is 6.92 Å². The Labute approximate surface area is 123 Å². The SMILES string of the molecule is Cc1cc[n+](CCC(=O)Nc2cccnc2)cc1.[Br-]. The molecular formula is C14H16BrN3O. The van der Waals surface area contributed by atoms with Gasteiger partial charge in [0.1, 0.15) is 0 Å². The number of aromatic nitrogens is 2. The Balaban J connectivity index is 0.00000180. The van der Waals surface area contributed by atoms with Crippen LogP contribution in [0.4, 0.5) is 5.69 Å². The normalized spacial score (nSPS) is 9.53. The molecule has 0 aliphatic rings. The first-order valence-corrected chi connectivity index (χ1v) is 5.89. The quantitative estimate of drug-likeness (QED) is 0.712. The molecule has 0 spiro atoms. The standard InChI is InChI=1S/C14H15N3O.BrH/c1-12-4-8-17(9-5-12)10-6-14(18)16-13-3-2-7-15-11-13;/h2-5,7-9,11H,6,10H2,1H3;1H. The summed E-state index contributed by atoms with van der Waals surface area (Å²) < 4.78 is 2.00. The van der Waals surface area contributed by atoms with Gasteiger partial charge in [0, 0.05) is 18.3 Å². The van der Waals surface area contributed by atoms with Crippen molar-refractivity contribution in [3.63, 3.8) is 0 Å². The second kappa shape index (κ2) is 7.63. The summed E-state index contributed by atoms with van der Waals surface area (Å²) in [6, 6.07) is 7.67. The summed E-state index contributed by atoms with van der Waals surface area (Å²) in [4.78, 5) is 15.6. The minimum Gasteiger partial charge on any atom is -1.00 e. The maximum Gasteiger partial charge on any atom is 0.230 e. The van der Waals surface area contributed by atoms with E-state index in [1.165, 1.54) is 5.56 Å². The first kappa shape index (κ1) is 15.3. The van der Waals surface area contributed by atoms with Crippen LogP contribution in [0.2, 0.25) is 0 Å². The molecule has 2 heterocycles. The van der Waals surface area contributed by atoms with Gasteiger partial charge in [-0.15, -0.1) is 0 Å². The number of hydrogen-bond donors (Lipinski definition) is 1. The Kier molecular flexibility index (Phi) is 6.15. The first-order valence-electron chi connectivity index (χ1n) is 5.89. The van der Waals surface area contributed by atoms with Crippen LogP contribution in [0.5, 0.6) is 0 Å². The molecule has 0 aromatic carbocycles. The van der Waals surface area contributed by atoms with Crippen LogP contribution >= 0.6 is 0 Å². The lowest BCUT2D eigenvalue weighted by molar-refractivity contribution is -0.695. The average molecular weight is 322 g/mol. The van der Waals surface area contributed by atoms with Crippen molar-refractivity contribution in [2.75, 3.05) is 5.32 Å². The molecule has 4 nitrogen and oxygen atoms in total. The van der Waals surface area contributed by atoms with E-state index in [4.69, 9.17) is 0 Å². The second-order valence-electron chi connectivity index (χ2n) is 4.15. The maximum atomic E-state index is 11.7. The van der Waals surface area contributed by atoms with E-state index in [-0.39, 0.29) is 22.9 Å². The Bertz CT molecular complexity index is 514. The van der Waals surface area contributed by atoms with Crippen LogP contribution in [0.25, 0.3) is 0 Å². The van der Waals surface area contributed by atoms with Gasteiger partial charge < -0.3 is 22.3 Å². The van der Waals surface area contributed by atoms with Gasteiger partial charge in [-0.3, -0.25) is 9.78 Å². The highest BCUT2D eigenvalue weighted by atomic mass is 79.9. The summed E-state index contributed by atoms with van der Waals surface area (Å²) in [5.41, 5.74) is 1.95. The summed E-state index contributed by atoms with van der Waals surface area (Å²) in [6.45, 7) is 2.71. The zero-order valence-corrected chi connectivity index (χ0v) is 12.3. The molecule has 0 aliphatic carbocycles. The molecule has 5 heteroatoms. The number of carbonyl (C=O) groups excluding carboxylic acids is 1. The van der Waals surface area contributed by atoms with Gasteiger partial charge in [-0.05, 0) is 24.6 Å². The maximum absolute atomic E-state index is 11.7. The summed E-state index contributed by atoms with van der Waals surface area (Å²) >= 11 is 0. The number of rotatable bonds is 4. The van der Waals surface area contributed by atoms with Gasteiger partial charge in [0.25, 0.3) is 0 Å². The number of nitrogens with one attached hydrogen (secondary N) is 1. The van der Waals surface area contributed by atoms with Gasteiger partial charge in [-0.2, -0.15) is 0 Å². The highest BCUT2D eigenvalue weighted by molar-refractivity contribution is 5.90. The third-order valence-electron chi connectivity index (χ3n) is 2.60. The third kappa shape index (κ3) is 5.18. The summed E-state index contributed by atoms with van der Waals surface area (Å²) in [6.07, 6.45) is 7.72. The van der Waals surface area contributed by atoms with E-state index in [2.05, 4.69) is 10.3 Å². The monoisotopic (exact) mass is 321 g/mol. The van der Waals surface area contributed by atoms with E-state index >= 15 is 0 Å². The fourth-order valence-electron chi connectivity index (χ4n) is 1.57. The number of amides is 1. The Morgan fingerprint density at radius 3 is 2.68 bits per heavy atom. The van der Waals surface area contributed by atoms with Crippen molar-refractivity contribution in [2.45, 2.75) is 19.9 Å². The molecule has 1 N–H and O–H groups in total. The molecule has 1 amide bonds. The predicted molar refractivity (Wildman–Crippen MR) is 68.9 cm³/mol. The number of aryl methyl sites for hydroxylation is 2. The fourth-order valence-corrected chi connectivity index (χ4v) is 1.57. The summed E-state index contributed by atoms with van der Waals surface area (Å²) in [5, 5.41) is 2.81. The van der Waals surface area contributed by atoms with Crippen LogP contribution in [-0.2, 0) is 11.3 Å². The van der Waals surface area contributed by atoms with Crippen molar-refractivity contribution in [3.05, 3.63) is 54.6 Å². The summed E-state index contributed by atoms with van der Waals surface area (Å²) in [5.74, 6) is -0.00363. The van der Waals surface area contributed by atoms with Crippen molar-refractivity contribution in [2.24, 2.45) is 0 Å². The van der Waals surface area contributed by atoms with Gasteiger partial charge in [0.05, 0.1) is 18.3 Å². The second-order valence-corrected chi connectivity index (χ2v) is 4.15. The van der Waals surface area contributed by atoms with Gasteiger partial charge in [0.2, 0.25) is 5.91 Å². The molecule has 0 saturated heterocycles. The van der Waals surface area contributed by atoms with Crippen molar-refractivity contribution < 1.29 is 26.3 Å². The lowest BCUT2D eigenvalue weighted by Gasteiger charge is -2.02. The molecule has 19 heavy (non-hydrogen) atoms. The topological polar surface area (TPSA) is 45.9 Å². The van der Waals surface area contributed by atoms with Crippen LogP contribution in [0.3, 0.4) is 0 Å². The Morgan fingerprint density at radius 1 is 1.32 bits per heavy atom. The number of hydrogen-bond acceptors (Lipinski definition) is 2. The molecule has 0 fully saturated rings. The molecule has 0 saturated carbocycles. The molecule has 0 bridgehead atoms. The molecular weight excluding hydrogens is 306 g/mol. The number of pyridine rings is 2. The first-order chi connectivity index (χ1) is 8.74. The predicted octanol–water partition coefficient (Wildman–Crippen LogP) is -1.29. The smallest absolute Gasteiger partial charge is 0.230 e. The minimum absolute atomic E-state index is 0. The van der Waals surface area contributed by atoms with Crippen molar-refractivity contribution >= 4 is 11.6 Å². The average Bonchev–Trinajstić information content (AvgIpc) is 2.39. The van der Waals surface area contributed by atoms with Gasteiger partial charge >= 0.3 is 0 Å². The van der Waals surface area contributed by atoms with E-state index in [0.717, 1.165) is 5.69 Å². The molecule has 0 aliphatic heterocycles. The third-order valence-corrected chi connectivity index (χ3v) is 2.60. The number of carbonyl (C=O) groups is 1. The zero-order chi connectivity index (χ0) is 12.8. The zero-order valence-electron chi connectivity index (χ0n) is 10.7. The number of nitrogens with zero attached hydrogens (tertiary/aromatic N) is 2. The molecule has 2 aromatic rings. The van der Waals surface area contributed by atoms with Crippen LogP contribution < -0.4 is 26.9 Å². The largest absolute Gasteiger partial charge is 1.00 e. The minimum atomic E-state index is -0.00363. The molecule has 0 atom stereocenters. The van der Waals surface area contributed by atoms with Crippen molar-refractivity contribution in [1.29, 1.82) is 0 Å². The Hall–Kier alpha value is -1.75. The van der Waals surface area contributed by atoms with Crippen molar-refractivity contribution in [3.8, 4) is 0 Å². The number of halogens is 1. The van der Waals surface area contributed by atoms with Gasteiger partial charge in [-0.1, -0.05) is 0 Å². The molecule has 0 radical (unpaired) electrons. The molecule has 0 unspecified atom stereocenters. The van der Waals surface area contributed by atoms with Crippen LogP contribution in [-0.4, -0.2) is 10.9 Å². The van der Waals surface area contributed by atoms with E-state index in [0.29, 0.717) is 13.0 Å².